The number of fused-ring (bicyclic) bond motifs is 1. The number of amides is 3. The highest BCUT2D eigenvalue weighted by Gasteiger charge is 2.30. The second kappa shape index (κ2) is 12.8. The molecular weight excluding hydrogens is 568 g/mol. The average molecular weight is 601 g/mol. The summed E-state index contributed by atoms with van der Waals surface area (Å²) in [6.45, 7) is 5.00. The second-order valence-electron chi connectivity index (χ2n) is 10.4. The Labute approximate surface area is 252 Å². The van der Waals surface area contributed by atoms with Crippen LogP contribution in [0.1, 0.15) is 57.2 Å². The molecule has 0 aliphatic heterocycles. The molecule has 1 aliphatic rings. The van der Waals surface area contributed by atoms with Gasteiger partial charge in [0.05, 0.1) is 17.7 Å². The Bertz CT molecular complexity index is 1730. The van der Waals surface area contributed by atoms with E-state index in [0.29, 0.717) is 45.6 Å². The van der Waals surface area contributed by atoms with E-state index in [1.165, 1.54) is 33.9 Å². The number of carbonyl (C=O) groups excluding carboxylic acids is 4. The summed E-state index contributed by atoms with van der Waals surface area (Å²) in [7, 11) is 0. The van der Waals surface area contributed by atoms with Crippen LogP contribution in [0.3, 0.4) is 0 Å². The van der Waals surface area contributed by atoms with Crippen molar-refractivity contribution < 1.29 is 33.8 Å². The van der Waals surface area contributed by atoms with Gasteiger partial charge >= 0.3 is 12.1 Å². The lowest BCUT2D eigenvalue weighted by Crippen LogP contribution is -2.31. The molecule has 0 radical (unpaired) electrons. The maximum Gasteiger partial charge on any atom is 0.423 e. The molecule has 4 aromatic rings. The topological polar surface area (TPSA) is 164 Å². The Morgan fingerprint density at radius 2 is 1.80 bits per heavy atom. The molecule has 1 aliphatic carbocycles. The second-order valence-corrected chi connectivity index (χ2v) is 10.4. The van der Waals surface area contributed by atoms with Crippen LogP contribution >= 0.6 is 0 Å². The Morgan fingerprint density at radius 3 is 2.50 bits per heavy atom. The Balaban J connectivity index is 1.47. The van der Waals surface area contributed by atoms with E-state index in [0.717, 1.165) is 12.8 Å². The van der Waals surface area contributed by atoms with E-state index < -0.39 is 18.9 Å². The molecule has 0 spiro atoms. The molecule has 44 heavy (non-hydrogen) atoms. The van der Waals surface area contributed by atoms with Gasteiger partial charge in [-0.1, -0.05) is 18.2 Å². The van der Waals surface area contributed by atoms with E-state index in [9.17, 15) is 24.3 Å². The molecule has 0 saturated heterocycles. The molecule has 2 heterocycles. The minimum absolute atomic E-state index is 0.0652. The SMILES string of the molecule is CCNC(=O)c1ccc(C)c(N(C(=O)OCOC(=O)Cc2ccc(O)cc2)c2ncnn3cc(C(=O)NC4CC4)c(C)c23)c1. The molecule has 0 atom stereocenters. The number of ether oxygens (including phenoxy) is 2. The molecule has 2 aromatic carbocycles. The highest BCUT2D eigenvalue weighted by molar-refractivity contribution is 6.05. The van der Waals surface area contributed by atoms with Crippen molar-refractivity contribution >= 4 is 40.9 Å². The quantitative estimate of drug-likeness (QED) is 0.182. The van der Waals surface area contributed by atoms with Crippen molar-refractivity contribution in [1.82, 2.24) is 25.2 Å². The summed E-state index contributed by atoms with van der Waals surface area (Å²) in [6, 6.07) is 11.1. The number of aromatic nitrogens is 3. The molecule has 5 rings (SSSR count). The van der Waals surface area contributed by atoms with E-state index >= 15 is 0 Å². The number of anilines is 2. The predicted molar refractivity (Wildman–Crippen MR) is 159 cm³/mol. The van der Waals surface area contributed by atoms with Crippen molar-refractivity contribution in [3.8, 4) is 5.75 Å². The zero-order valence-corrected chi connectivity index (χ0v) is 24.5. The number of rotatable bonds is 10. The van der Waals surface area contributed by atoms with Gasteiger partial charge in [-0.15, -0.1) is 0 Å². The number of phenols is 1. The first-order valence-corrected chi connectivity index (χ1v) is 14.1. The smallest absolute Gasteiger partial charge is 0.423 e. The van der Waals surface area contributed by atoms with Crippen molar-refractivity contribution in [3.05, 3.63) is 82.8 Å². The number of hydrogen-bond donors (Lipinski definition) is 3. The van der Waals surface area contributed by atoms with Gasteiger partial charge in [-0.05, 0) is 74.6 Å². The fourth-order valence-electron chi connectivity index (χ4n) is 4.62. The summed E-state index contributed by atoms with van der Waals surface area (Å²) in [5.74, 6) is -1.08. The van der Waals surface area contributed by atoms with E-state index in [2.05, 4.69) is 20.7 Å². The molecule has 13 heteroatoms. The first-order valence-electron chi connectivity index (χ1n) is 14.1. The van der Waals surface area contributed by atoms with Crippen molar-refractivity contribution in [3.63, 3.8) is 0 Å². The normalized spacial score (nSPS) is 12.4. The summed E-state index contributed by atoms with van der Waals surface area (Å²) in [5, 5.41) is 19.4. The number of carbonyl (C=O) groups is 4. The molecule has 3 amide bonds. The number of nitrogens with one attached hydrogen (secondary N) is 2. The van der Waals surface area contributed by atoms with E-state index in [1.54, 1.807) is 51.2 Å². The number of nitrogens with zero attached hydrogens (tertiary/aromatic N) is 4. The monoisotopic (exact) mass is 600 g/mol. The van der Waals surface area contributed by atoms with Crippen molar-refractivity contribution in [1.29, 1.82) is 0 Å². The molecule has 1 saturated carbocycles. The lowest BCUT2D eigenvalue weighted by molar-refractivity contribution is -0.150. The van der Waals surface area contributed by atoms with Gasteiger partial charge < -0.3 is 25.2 Å². The number of esters is 1. The van der Waals surface area contributed by atoms with Crippen molar-refractivity contribution in [2.24, 2.45) is 0 Å². The maximum atomic E-state index is 13.8. The molecule has 3 N–H and O–H groups in total. The highest BCUT2D eigenvalue weighted by atomic mass is 16.7. The zero-order valence-electron chi connectivity index (χ0n) is 24.5. The number of hydrogen-bond acceptors (Lipinski definition) is 9. The fourth-order valence-corrected chi connectivity index (χ4v) is 4.62. The minimum Gasteiger partial charge on any atom is -0.508 e. The van der Waals surface area contributed by atoms with Gasteiger partial charge in [0.1, 0.15) is 17.6 Å². The summed E-state index contributed by atoms with van der Waals surface area (Å²) in [5.41, 5.74) is 3.10. The third-order valence-corrected chi connectivity index (χ3v) is 7.10. The fraction of sp³-hybridized carbons (Fsp3) is 0.290. The van der Waals surface area contributed by atoms with Crippen LogP contribution in [0.15, 0.2) is 55.0 Å². The number of phenolic OH excluding ortho intramolecular Hbond substituents is 1. The van der Waals surface area contributed by atoms with E-state index in [-0.39, 0.29) is 35.8 Å². The van der Waals surface area contributed by atoms with Crippen LogP contribution in [-0.4, -0.2) is 63.0 Å². The summed E-state index contributed by atoms with van der Waals surface area (Å²) in [6.07, 6.45) is 3.61. The average Bonchev–Trinajstić information content (AvgIpc) is 3.75. The van der Waals surface area contributed by atoms with Crippen LogP contribution in [-0.2, 0) is 20.7 Å². The minimum atomic E-state index is -0.941. The number of aryl methyl sites for hydroxylation is 2. The maximum absolute atomic E-state index is 13.8. The third kappa shape index (κ3) is 6.61. The summed E-state index contributed by atoms with van der Waals surface area (Å²) in [4.78, 5) is 57.4. The summed E-state index contributed by atoms with van der Waals surface area (Å²) < 4.78 is 12.0. The van der Waals surface area contributed by atoms with Gasteiger partial charge in [0.2, 0.25) is 6.79 Å². The van der Waals surface area contributed by atoms with Gasteiger partial charge in [-0.3, -0.25) is 14.4 Å². The summed E-state index contributed by atoms with van der Waals surface area (Å²) >= 11 is 0. The van der Waals surface area contributed by atoms with Crippen LogP contribution in [0.25, 0.3) is 5.52 Å². The third-order valence-electron chi connectivity index (χ3n) is 7.10. The standard InChI is InChI=1S/C31H32N6O7/c1-4-32-29(40)21-8-5-18(2)25(14-21)37(31(42)44-17-43-26(39)13-20-6-11-23(38)12-7-20)28-27-19(3)24(15-36(27)34-16-33-28)30(41)35-22-9-10-22/h5-8,11-12,14-16,22,38H,4,9-10,13,17H2,1-3H3,(H,32,40)(H,35,41). The molecule has 0 bridgehead atoms. The molecule has 13 nitrogen and oxygen atoms in total. The van der Waals surface area contributed by atoms with Gasteiger partial charge in [-0.2, -0.15) is 5.10 Å². The van der Waals surface area contributed by atoms with Crippen molar-refractivity contribution in [2.75, 3.05) is 18.2 Å². The van der Waals surface area contributed by atoms with Crippen LogP contribution in [0.5, 0.6) is 5.75 Å². The Hall–Kier alpha value is -5.46. The molecule has 1 fully saturated rings. The molecule has 2 aromatic heterocycles. The van der Waals surface area contributed by atoms with Gasteiger partial charge in [0.15, 0.2) is 5.82 Å². The number of aromatic hydroxyl groups is 1. The van der Waals surface area contributed by atoms with Gasteiger partial charge in [0, 0.05) is 24.3 Å². The Kier molecular flexibility index (Phi) is 8.74. The first kappa shape index (κ1) is 30.0. The highest BCUT2D eigenvalue weighted by Crippen LogP contribution is 2.34. The number of benzene rings is 2. The van der Waals surface area contributed by atoms with Crippen LogP contribution in [0.4, 0.5) is 16.3 Å². The van der Waals surface area contributed by atoms with Gasteiger partial charge in [0.25, 0.3) is 11.8 Å². The van der Waals surface area contributed by atoms with E-state index in [4.69, 9.17) is 9.47 Å². The van der Waals surface area contributed by atoms with Crippen molar-refractivity contribution in [2.45, 2.75) is 46.1 Å². The zero-order chi connectivity index (χ0) is 31.4. The van der Waals surface area contributed by atoms with Crippen LogP contribution in [0.2, 0.25) is 0 Å². The lowest BCUT2D eigenvalue weighted by atomic mass is 10.1. The Morgan fingerprint density at radius 1 is 1.05 bits per heavy atom. The first-order chi connectivity index (χ1) is 21.2. The van der Waals surface area contributed by atoms with Crippen LogP contribution in [0, 0.1) is 13.8 Å². The van der Waals surface area contributed by atoms with E-state index in [1.807, 2.05) is 0 Å². The molecule has 228 valence electrons. The molecular formula is C31H32N6O7. The lowest BCUT2D eigenvalue weighted by Gasteiger charge is -2.24. The largest absolute Gasteiger partial charge is 0.508 e. The molecule has 0 unspecified atom stereocenters. The predicted octanol–water partition coefficient (Wildman–Crippen LogP) is 3.71. The van der Waals surface area contributed by atoms with Crippen LogP contribution < -0.4 is 15.5 Å². The van der Waals surface area contributed by atoms with Gasteiger partial charge in [-0.25, -0.2) is 19.2 Å².